The van der Waals surface area contributed by atoms with Gasteiger partial charge in [0.1, 0.15) is 0 Å². The number of hydrogen-bond donors (Lipinski definition) is 1. The van der Waals surface area contributed by atoms with Crippen molar-refractivity contribution in [1.82, 2.24) is 4.90 Å². The van der Waals surface area contributed by atoms with Crippen molar-refractivity contribution in [3.8, 4) is 0 Å². The molecule has 0 saturated heterocycles. The monoisotopic (exact) mass is 235 g/mol. The molecule has 1 aromatic rings. The Labute approximate surface area is 101 Å². The Morgan fingerprint density at radius 1 is 1.24 bits per heavy atom. The number of amides is 1. The van der Waals surface area contributed by atoms with E-state index in [0.29, 0.717) is 12.0 Å². The van der Waals surface area contributed by atoms with E-state index in [0.717, 1.165) is 16.7 Å². The average molecular weight is 235 g/mol. The van der Waals surface area contributed by atoms with E-state index in [4.69, 9.17) is 0 Å². The van der Waals surface area contributed by atoms with Crippen LogP contribution in [0, 0.1) is 20.8 Å². The van der Waals surface area contributed by atoms with Crippen LogP contribution in [0.2, 0.25) is 0 Å². The summed E-state index contributed by atoms with van der Waals surface area (Å²) in [7, 11) is 1.47. The summed E-state index contributed by atoms with van der Waals surface area (Å²) in [5.41, 5.74) is 3.68. The number of rotatable bonds is 4. The number of carboxylic acid groups (broad SMARTS) is 1. The molecule has 0 aliphatic carbocycles. The fraction of sp³-hybridized carbons (Fsp3) is 0.385. The van der Waals surface area contributed by atoms with Gasteiger partial charge in [0.25, 0.3) is 0 Å². The topological polar surface area (TPSA) is 57.6 Å². The number of nitrogens with zero attached hydrogens (tertiary/aromatic N) is 1. The average Bonchev–Trinajstić information content (AvgIpc) is 2.25. The zero-order chi connectivity index (χ0) is 13.2. The molecule has 1 atom stereocenters. The number of aryl methyl sites for hydroxylation is 3. The van der Waals surface area contributed by atoms with E-state index >= 15 is 0 Å². The van der Waals surface area contributed by atoms with Crippen LogP contribution >= 0.6 is 0 Å². The van der Waals surface area contributed by atoms with Crippen LogP contribution in [0.25, 0.3) is 0 Å². The van der Waals surface area contributed by atoms with Crippen molar-refractivity contribution >= 4 is 12.4 Å². The highest BCUT2D eigenvalue weighted by molar-refractivity contribution is 5.78. The standard InChI is InChI=1S/C13H17NO3/c1-8-5-10(3)11(6-9(8)2)12(13(16)17)14(4)7-15/h5-7,12H,1-4H3,(H,16,17). The lowest BCUT2D eigenvalue weighted by atomic mass is 9.95. The second-order valence-corrected chi connectivity index (χ2v) is 4.30. The first-order valence-electron chi connectivity index (χ1n) is 5.36. The Morgan fingerprint density at radius 3 is 2.24 bits per heavy atom. The zero-order valence-corrected chi connectivity index (χ0v) is 10.5. The Hall–Kier alpha value is -1.84. The molecule has 0 aliphatic heterocycles. The van der Waals surface area contributed by atoms with E-state index < -0.39 is 12.0 Å². The molecule has 17 heavy (non-hydrogen) atoms. The summed E-state index contributed by atoms with van der Waals surface area (Å²) < 4.78 is 0. The fourth-order valence-corrected chi connectivity index (χ4v) is 1.86. The van der Waals surface area contributed by atoms with E-state index in [1.807, 2.05) is 32.9 Å². The molecule has 0 spiro atoms. The van der Waals surface area contributed by atoms with E-state index in [2.05, 4.69) is 0 Å². The first kappa shape index (κ1) is 13.2. The van der Waals surface area contributed by atoms with Crippen molar-refractivity contribution in [3.63, 3.8) is 0 Å². The second-order valence-electron chi connectivity index (χ2n) is 4.30. The van der Waals surface area contributed by atoms with Gasteiger partial charge in [-0.2, -0.15) is 0 Å². The summed E-state index contributed by atoms with van der Waals surface area (Å²) in [5.74, 6) is -1.02. The number of aliphatic carboxylic acids is 1. The number of likely N-dealkylation sites (N-methyl/N-ethyl adjacent to an activating group) is 1. The van der Waals surface area contributed by atoms with Crippen LogP contribution in [0.15, 0.2) is 12.1 Å². The van der Waals surface area contributed by atoms with E-state index in [1.54, 1.807) is 0 Å². The summed E-state index contributed by atoms with van der Waals surface area (Å²) in [6.07, 6.45) is 0.535. The summed E-state index contributed by atoms with van der Waals surface area (Å²) in [6.45, 7) is 5.76. The number of carbonyl (C=O) groups is 2. The van der Waals surface area contributed by atoms with Crippen LogP contribution < -0.4 is 0 Å². The molecule has 1 amide bonds. The molecule has 4 heteroatoms. The summed E-state index contributed by atoms with van der Waals surface area (Å²) in [5, 5.41) is 9.21. The smallest absolute Gasteiger partial charge is 0.331 e. The quantitative estimate of drug-likeness (QED) is 0.810. The van der Waals surface area contributed by atoms with Crippen molar-refractivity contribution in [1.29, 1.82) is 0 Å². The molecular weight excluding hydrogens is 218 g/mol. The minimum absolute atomic E-state index is 0.535. The molecule has 0 heterocycles. The van der Waals surface area contributed by atoms with Crippen LogP contribution in [0.1, 0.15) is 28.3 Å². The maximum atomic E-state index is 11.2. The maximum Gasteiger partial charge on any atom is 0.331 e. The molecule has 0 aromatic heterocycles. The van der Waals surface area contributed by atoms with Crippen molar-refractivity contribution in [2.24, 2.45) is 0 Å². The van der Waals surface area contributed by atoms with Gasteiger partial charge in [0.05, 0.1) is 0 Å². The lowest BCUT2D eigenvalue weighted by Gasteiger charge is -2.23. The van der Waals surface area contributed by atoms with E-state index in [9.17, 15) is 14.7 Å². The lowest BCUT2D eigenvalue weighted by Crippen LogP contribution is -2.30. The summed E-state index contributed by atoms with van der Waals surface area (Å²) in [4.78, 5) is 23.2. The third kappa shape index (κ3) is 2.64. The zero-order valence-electron chi connectivity index (χ0n) is 10.5. The largest absolute Gasteiger partial charge is 0.479 e. The normalized spacial score (nSPS) is 12.0. The molecule has 4 nitrogen and oxygen atoms in total. The number of carbonyl (C=O) groups excluding carboxylic acids is 1. The van der Waals surface area contributed by atoms with E-state index in [1.165, 1.54) is 11.9 Å². The molecule has 1 rings (SSSR count). The highest BCUT2D eigenvalue weighted by Crippen LogP contribution is 2.25. The molecule has 0 fully saturated rings. The van der Waals surface area contributed by atoms with Crippen molar-refractivity contribution in [2.75, 3.05) is 7.05 Å². The molecule has 92 valence electrons. The third-order valence-corrected chi connectivity index (χ3v) is 2.98. The first-order valence-corrected chi connectivity index (χ1v) is 5.36. The van der Waals surface area contributed by atoms with Gasteiger partial charge in [-0.15, -0.1) is 0 Å². The highest BCUT2D eigenvalue weighted by Gasteiger charge is 2.25. The number of carboxylic acids is 1. The second kappa shape index (κ2) is 4.99. The van der Waals surface area contributed by atoms with E-state index in [-0.39, 0.29) is 0 Å². The van der Waals surface area contributed by atoms with Crippen LogP contribution in [0.5, 0.6) is 0 Å². The van der Waals surface area contributed by atoms with Crippen molar-refractivity contribution < 1.29 is 14.7 Å². The first-order chi connectivity index (χ1) is 7.88. The van der Waals surface area contributed by atoms with Gasteiger partial charge in [0.2, 0.25) is 6.41 Å². The van der Waals surface area contributed by atoms with Gasteiger partial charge in [0.15, 0.2) is 6.04 Å². The van der Waals surface area contributed by atoms with Crippen LogP contribution in [0.4, 0.5) is 0 Å². The molecule has 0 aliphatic rings. The van der Waals surface area contributed by atoms with Gasteiger partial charge in [-0.25, -0.2) is 4.79 Å². The van der Waals surface area contributed by atoms with Crippen molar-refractivity contribution in [3.05, 3.63) is 34.4 Å². The highest BCUT2D eigenvalue weighted by atomic mass is 16.4. The SMILES string of the molecule is Cc1cc(C)c(C(C(=O)O)N(C)C=O)cc1C. The minimum Gasteiger partial charge on any atom is -0.479 e. The Balaban J connectivity index is 3.33. The number of hydrogen-bond acceptors (Lipinski definition) is 2. The Bertz CT molecular complexity index is 454. The molecule has 0 radical (unpaired) electrons. The van der Waals surface area contributed by atoms with Crippen LogP contribution in [-0.4, -0.2) is 29.4 Å². The van der Waals surface area contributed by atoms with Crippen LogP contribution in [0.3, 0.4) is 0 Å². The predicted octanol–water partition coefficient (Wildman–Crippen LogP) is 1.83. The fourth-order valence-electron chi connectivity index (χ4n) is 1.86. The molecular formula is C13H17NO3. The summed E-state index contributed by atoms with van der Waals surface area (Å²) >= 11 is 0. The van der Waals surface area contributed by atoms with Gasteiger partial charge in [0, 0.05) is 7.05 Å². The van der Waals surface area contributed by atoms with Crippen LogP contribution in [-0.2, 0) is 9.59 Å². The molecule has 0 bridgehead atoms. The molecule has 1 aromatic carbocycles. The maximum absolute atomic E-state index is 11.2. The van der Waals surface area contributed by atoms with Gasteiger partial charge in [-0.3, -0.25) is 4.79 Å². The molecule has 0 saturated carbocycles. The third-order valence-electron chi connectivity index (χ3n) is 2.98. The predicted molar refractivity (Wildman–Crippen MR) is 64.9 cm³/mol. The molecule has 1 N–H and O–H groups in total. The Kier molecular flexibility index (Phi) is 3.89. The van der Waals surface area contributed by atoms with Crippen molar-refractivity contribution in [2.45, 2.75) is 26.8 Å². The van der Waals surface area contributed by atoms with Gasteiger partial charge in [-0.1, -0.05) is 12.1 Å². The lowest BCUT2D eigenvalue weighted by molar-refractivity contribution is -0.145. The van der Waals surface area contributed by atoms with Gasteiger partial charge < -0.3 is 10.0 Å². The summed E-state index contributed by atoms with van der Waals surface area (Å²) in [6, 6.07) is 2.86. The minimum atomic E-state index is -1.02. The Morgan fingerprint density at radius 2 is 1.76 bits per heavy atom. The van der Waals surface area contributed by atoms with Gasteiger partial charge in [-0.05, 0) is 43.0 Å². The number of benzene rings is 1. The molecule has 1 unspecified atom stereocenters. The van der Waals surface area contributed by atoms with Gasteiger partial charge >= 0.3 is 5.97 Å².